The van der Waals surface area contributed by atoms with Crippen LogP contribution in [0.25, 0.3) is 0 Å². The third-order valence-corrected chi connectivity index (χ3v) is 2.52. The van der Waals surface area contributed by atoms with Gasteiger partial charge in [0.2, 0.25) is 5.91 Å². The van der Waals surface area contributed by atoms with Crippen LogP contribution < -0.4 is 0 Å². The van der Waals surface area contributed by atoms with Gasteiger partial charge in [0.15, 0.2) is 0 Å². The highest BCUT2D eigenvalue weighted by atomic mass is 16.5. The highest BCUT2D eigenvalue weighted by Gasteiger charge is 2.41. The molecule has 1 rings (SSSR count). The van der Waals surface area contributed by atoms with Gasteiger partial charge >= 0.3 is 0 Å². The van der Waals surface area contributed by atoms with E-state index in [1.165, 1.54) is 0 Å². The van der Waals surface area contributed by atoms with E-state index < -0.39 is 5.60 Å². The van der Waals surface area contributed by atoms with Gasteiger partial charge in [-0.05, 0) is 20.3 Å². The molecule has 1 aliphatic rings. The van der Waals surface area contributed by atoms with E-state index in [2.05, 4.69) is 0 Å². The normalized spacial score (nSPS) is 19.6. The zero-order chi connectivity index (χ0) is 10.8. The molecular weight excluding hydrogens is 182 g/mol. The number of rotatable bonds is 4. The molecule has 1 amide bonds. The molecule has 4 nitrogen and oxygen atoms in total. The number of aliphatic hydroxyl groups is 1. The Labute approximate surface area is 84.8 Å². The van der Waals surface area contributed by atoms with Gasteiger partial charge in [-0.3, -0.25) is 4.79 Å². The maximum Gasteiger partial charge on any atom is 0.248 e. The molecule has 0 atom stereocenters. The Hall–Kier alpha value is -0.610. The SMILES string of the molecule is CCC1(O)CN(C(=O)COC(C)C)C1. The number of amides is 1. The lowest BCUT2D eigenvalue weighted by Crippen LogP contribution is -2.63. The summed E-state index contributed by atoms with van der Waals surface area (Å²) in [7, 11) is 0. The van der Waals surface area contributed by atoms with Crippen molar-refractivity contribution in [3.8, 4) is 0 Å². The van der Waals surface area contributed by atoms with Crippen LogP contribution in [0.2, 0.25) is 0 Å². The molecule has 82 valence electrons. The maximum absolute atomic E-state index is 11.4. The molecule has 0 radical (unpaired) electrons. The largest absolute Gasteiger partial charge is 0.386 e. The van der Waals surface area contributed by atoms with Crippen LogP contribution in [0.15, 0.2) is 0 Å². The Morgan fingerprint density at radius 2 is 2.14 bits per heavy atom. The van der Waals surface area contributed by atoms with Gasteiger partial charge < -0.3 is 14.7 Å². The van der Waals surface area contributed by atoms with E-state index in [0.29, 0.717) is 19.5 Å². The fraction of sp³-hybridized carbons (Fsp3) is 0.900. The second kappa shape index (κ2) is 4.28. The van der Waals surface area contributed by atoms with Gasteiger partial charge in [0.25, 0.3) is 0 Å². The van der Waals surface area contributed by atoms with Gasteiger partial charge in [0, 0.05) is 0 Å². The molecule has 0 aromatic carbocycles. The molecule has 0 bridgehead atoms. The lowest BCUT2D eigenvalue weighted by molar-refractivity contribution is -0.161. The minimum Gasteiger partial charge on any atom is -0.386 e. The third-order valence-electron chi connectivity index (χ3n) is 2.52. The topological polar surface area (TPSA) is 49.8 Å². The van der Waals surface area contributed by atoms with Crippen LogP contribution in [0, 0.1) is 0 Å². The summed E-state index contributed by atoms with van der Waals surface area (Å²) in [5.41, 5.74) is -0.645. The van der Waals surface area contributed by atoms with E-state index in [9.17, 15) is 9.90 Å². The van der Waals surface area contributed by atoms with Crippen LogP contribution in [-0.2, 0) is 9.53 Å². The van der Waals surface area contributed by atoms with E-state index in [-0.39, 0.29) is 18.6 Å². The van der Waals surface area contributed by atoms with Crippen molar-refractivity contribution in [1.29, 1.82) is 0 Å². The summed E-state index contributed by atoms with van der Waals surface area (Å²) in [4.78, 5) is 13.1. The molecule has 1 N–H and O–H groups in total. The summed E-state index contributed by atoms with van der Waals surface area (Å²) in [5, 5.41) is 9.68. The summed E-state index contributed by atoms with van der Waals surface area (Å²) in [5.74, 6) is -0.0307. The average molecular weight is 201 g/mol. The van der Waals surface area contributed by atoms with E-state index in [1.807, 2.05) is 20.8 Å². The van der Waals surface area contributed by atoms with Gasteiger partial charge in [-0.15, -0.1) is 0 Å². The minimum absolute atomic E-state index is 0.0307. The lowest BCUT2D eigenvalue weighted by atomic mass is 9.91. The van der Waals surface area contributed by atoms with Crippen LogP contribution in [0.4, 0.5) is 0 Å². The second-order valence-electron chi connectivity index (χ2n) is 4.19. The number of nitrogens with zero attached hydrogens (tertiary/aromatic N) is 1. The number of likely N-dealkylation sites (tertiary alicyclic amines) is 1. The molecule has 0 aliphatic carbocycles. The molecule has 1 aliphatic heterocycles. The molecule has 1 fully saturated rings. The Kier molecular flexibility index (Phi) is 3.50. The predicted molar refractivity (Wildman–Crippen MR) is 52.9 cm³/mol. The monoisotopic (exact) mass is 201 g/mol. The number of ether oxygens (including phenoxy) is 1. The summed E-state index contributed by atoms with van der Waals surface area (Å²) in [6.45, 7) is 6.73. The number of carbonyl (C=O) groups is 1. The molecule has 0 aromatic heterocycles. The number of β-amino-alcohol motifs (C(OH)–C–C–N with tert-alkyl or cyclic N) is 1. The molecule has 14 heavy (non-hydrogen) atoms. The van der Waals surface area contributed by atoms with Gasteiger partial charge in [-0.25, -0.2) is 0 Å². The molecule has 0 aromatic rings. The van der Waals surface area contributed by atoms with Crippen molar-refractivity contribution in [3.05, 3.63) is 0 Å². The quantitative estimate of drug-likeness (QED) is 0.716. The number of carbonyl (C=O) groups excluding carboxylic acids is 1. The van der Waals surface area contributed by atoms with E-state index in [1.54, 1.807) is 4.90 Å². The Bertz CT molecular complexity index is 209. The van der Waals surface area contributed by atoms with Crippen LogP contribution in [0.5, 0.6) is 0 Å². The van der Waals surface area contributed by atoms with E-state index in [4.69, 9.17) is 4.74 Å². The van der Waals surface area contributed by atoms with Crippen LogP contribution >= 0.6 is 0 Å². The van der Waals surface area contributed by atoms with Crippen molar-refractivity contribution < 1.29 is 14.6 Å². The lowest BCUT2D eigenvalue weighted by Gasteiger charge is -2.46. The summed E-state index contributed by atoms with van der Waals surface area (Å²) >= 11 is 0. The molecular formula is C10H19NO3. The first-order valence-electron chi connectivity index (χ1n) is 5.08. The third kappa shape index (κ3) is 2.69. The number of hydrogen-bond acceptors (Lipinski definition) is 3. The molecule has 4 heteroatoms. The Morgan fingerprint density at radius 1 is 1.57 bits per heavy atom. The maximum atomic E-state index is 11.4. The van der Waals surface area contributed by atoms with Crippen molar-refractivity contribution >= 4 is 5.91 Å². The van der Waals surface area contributed by atoms with Crippen molar-refractivity contribution in [2.45, 2.75) is 38.9 Å². The van der Waals surface area contributed by atoms with Gasteiger partial charge in [0.05, 0.1) is 24.8 Å². The summed E-state index contributed by atoms with van der Waals surface area (Å²) in [6.07, 6.45) is 0.771. The van der Waals surface area contributed by atoms with E-state index >= 15 is 0 Å². The first kappa shape index (κ1) is 11.5. The molecule has 0 unspecified atom stereocenters. The van der Waals surface area contributed by atoms with Crippen molar-refractivity contribution in [2.75, 3.05) is 19.7 Å². The molecule has 1 heterocycles. The minimum atomic E-state index is -0.645. The van der Waals surface area contributed by atoms with Gasteiger partial charge in [-0.2, -0.15) is 0 Å². The zero-order valence-corrected chi connectivity index (χ0v) is 9.12. The predicted octanol–water partition coefficient (Wildman–Crippen LogP) is 0.395. The second-order valence-corrected chi connectivity index (χ2v) is 4.19. The summed E-state index contributed by atoms with van der Waals surface area (Å²) in [6, 6.07) is 0. The first-order valence-corrected chi connectivity index (χ1v) is 5.08. The Morgan fingerprint density at radius 3 is 2.57 bits per heavy atom. The van der Waals surface area contributed by atoms with Crippen LogP contribution in [0.3, 0.4) is 0 Å². The van der Waals surface area contributed by atoms with Gasteiger partial charge in [-0.1, -0.05) is 6.92 Å². The highest BCUT2D eigenvalue weighted by Crippen LogP contribution is 2.23. The fourth-order valence-electron chi connectivity index (χ4n) is 1.39. The summed E-state index contributed by atoms with van der Waals surface area (Å²) < 4.78 is 5.19. The van der Waals surface area contributed by atoms with E-state index in [0.717, 1.165) is 0 Å². The highest BCUT2D eigenvalue weighted by molar-refractivity contribution is 5.78. The first-order chi connectivity index (χ1) is 6.47. The molecule has 0 spiro atoms. The molecule has 0 saturated carbocycles. The average Bonchev–Trinajstić information content (AvgIpc) is 2.09. The smallest absolute Gasteiger partial charge is 0.248 e. The molecule has 1 saturated heterocycles. The van der Waals surface area contributed by atoms with Crippen molar-refractivity contribution in [2.24, 2.45) is 0 Å². The van der Waals surface area contributed by atoms with Gasteiger partial charge in [0.1, 0.15) is 6.61 Å². The van der Waals surface area contributed by atoms with Crippen LogP contribution in [0.1, 0.15) is 27.2 Å². The standard InChI is InChI=1S/C10H19NO3/c1-4-10(13)6-11(7-10)9(12)5-14-8(2)3/h8,13H,4-7H2,1-3H3. The Balaban J connectivity index is 2.23. The van der Waals surface area contributed by atoms with Crippen molar-refractivity contribution in [3.63, 3.8) is 0 Å². The van der Waals surface area contributed by atoms with Crippen molar-refractivity contribution in [1.82, 2.24) is 4.90 Å². The number of hydrogen-bond donors (Lipinski definition) is 1. The fourth-order valence-corrected chi connectivity index (χ4v) is 1.39. The van der Waals surface area contributed by atoms with Crippen LogP contribution in [-0.4, -0.2) is 47.3 Å². The zero-order valence-electron chi connectivity index (χ0n) is 9.12.